The van der Waals surface area contributed by atoms with Gasteiger partial charge in [0, 0.05) is 16.7 Å². The summed E-state index contributed by atoms with van der Waals surface area (Å²) in [5.41, 5.74) is 1.97. The summed E-state index contributed by atoms with van der Waals surface area (Å²) in [6, 6.07) is 13.8. The van der Waals surface area contributed by atoms with Crippen LogP contribution in [-0.4, -0.2) is 16.0 Å². The molecule has 0 radical (unpaired) electrons. The fourth-order valence-electron chi connectivity index (χ4n) is 1.85. The highest BCUT2D eigenvalue weighted by Gasteiger charge is 2.17. The molecule has 0 saturated heterocycles. The maximum atomic E-state index is 12.3. The molecule has 0 spiro atoms. The van der Waals surface area contributed by atoms with Crippen LogP contribution in [0.15, 0.2) is 48.5 Å². The van der Waals surface area contributed by atoms with Gasteiger partial charge in [0.25, 0.3) is 0 Å². The molecule has 2 aromatic carbocycles. The number of aliphatic hydroxyl groups is 2. The lowest BCUT2D eigenvalue weighted by Crippen LogP contribution is -2.09. The Bertz CT molecular complexity index is 559. The van der Waals surface area contributed by atoms with E-state index in [2.05, 4.69) is 0 Å². The molecule has 0 saturated carbocycles. The van der Waals surface area contributed by atoms with Crippen LogP contribution >= 0.6 is 0 Å². The van der Waals surface area contributed by atoms with E-state index in [0.29, 0.717) is 11.1 Å². The number of carbonyl (C=O) groups excluding carboxylic acids is 1. The molecule has 0 bridgehead atoms. The Kier molecular flexibility index (Phi) is 3.55. The quantitative estimate of drug-likeness (QED) is 0.641. The van der Waals surface area contributed by atoms with Gasteiger partial charge in [-0.15, -0.1) is 0 Å². The molecule has 2 aromatic rings. The van der Waals surface area contributed by atoms with Crippen molar-refractivity contribution in [1.82, 2.24) is 0 Å². The van der Waals surface area contributed by atoms with E-state index in [1.165, 1.54) is 0 Å². The molecular weight excluding hydrogens is 228 g/mol. The predicted octanol–water partition coefficient (Wildman–Crippen LogP) is 2.21. The minimum atomic E-state index is -1.65. The van der Waals surface area contributed by atoms with Gasteiger partial charge in [0.1, 0.15) is 0 Å². The van der Waals surface area contributed by atoms with Crippen LogP contribution in [0, 0.1) is 6.92 Å². The topological polar surface area (TPSA) is 57.5 Å². The smallest absolute Gasteiger partial charge is 0.193 e. The largest absolute Gasteiger partial charge is 0.364 e. The minimum absolute atomic E-state index is 0.210. The number of ketones is 1. The highest BCUT2D eigenvalue weighted by molar-refractivity contribution is 6.09. The molecule has 0 atom stereocenters. The zero-order valence-corrected chi connectivity index (χ0v) is 10.00. The molecule has 3 heteroatoms. The van der Waals surface area contributed by atoms with Gasteiger partial charge in [0.15, 0.2) is 12.1 Å². The summed E-state index contributed by atoms with van der Waals surface area (Å²) in [4.78, 5) is 12.3. The summed E-state index contributed by atoms with van der Waals surface area (Å²) in [5, 5.41) is 18.7. The molecule has 0 unspecified atom stereocenters. The zero-order valence-electron chi connectivity index (χ0n) is 10.00. The third kappa shape index (κ3) is 2.47. The van der Waals surface area contributed by atoms with Gasteiger partial charge in [0.05, 0.1) is 0 Å². The van der Waals surface area contributed by atoms with Crippen LogP contribution in [0.2, 0.25) is 0 Å². The lowest BCUT2D eigenvalue weighted by molar-refractivity contribution is -0.0429. The van der Waals surface area contributed by atoms with Gasteiger partial charge in [-0.05, 0) is 6.92 Å². The van der Waals surface area contributed by atoms with E-state index in [1.807, 2.05) is 13.0 Å². The molecule has 3 nitrogen and oxygen atoms in total. The number of benzene rings is 2. The first-order valence-corrected chi connectivity index (χ1v) is 5.66. The van der Waals surface area contributed by atoms with Crippen LogP contribution in [0.25, 0.3) is 0 Å². The van der Waals surface area contributed by atoms with Crippen molar-refractivity contribution in [2.45, 2.75) is 13.2 Å². The average molecular weight is 242 g/mol. The first-order chi connectivity index (χ1) is 8.59. The number of hydrogen-bond acceptors (Lipinski definition) is 3. The maximum absolute atomic E-state index is 12.3. The van der Waals surface area contributed by atoms with Crippen LogP contribution in [0.5, 0.6) is 0 Å². The second-order valence-corrected chi connectivity index (χ2v) is 4.16. The fraction of sp³-hybridized carbons (Fsp3) is 0.133. The monoisotopic (exact) mass is 242 g/mol. The third-order valence-electron chi connectivity index (χ3n) is 2.77. The summed E-state index contributed by atoms with van der Waals surface area (Å²) in [6.45, 7) is 1.84. The van der Waals surface area contributed by atoms with Crippen LogP contribution in [0.4, 0.5) is 0 Å². The fourth-order valence-corrected chi connectivity index (χ4v) is 1.85. The number of hydrogen-bond donors (Lipinski definition) is 2. The number of aliphatic hydroxyl groups excluding tert-OH is 1. The van der Waals surface area contributed by atoms with E-state index < -0.39 is 6.29 Å². The SMILES string of the molecule is Cc1ccc(C(=O)c2ccccc2)c(C(O)O)c1. The molecule has 18 heavy (non-hydrogen) atoms. The van der Waals surface area contributed by atoms with Gasteiger partial charge in [-0.2, -0.15) is 0 Å². The summed E-state index contributed by atoms with van der Waals surface area (Å²) >= 11 is 0. The minimum Gasteiger partial charge on any atom is -0.364 e. The highest BCUT2D eigenvalue weighted by atomic mass is 16.5. The molecule has 2 rings (SSSR count). The van der Waals surface area contributed by atoms with Gasteiger partial charge >= 0.3 is 0 Å². The molecule has 2 N–H and O–H groups in total. The first-order valence-electron chi connectivity index (χ1n) is 5.66. The van der Waals surface area contributed by atoms with Crippen molar-refractivity contribution in [3.8, 4) is 0 Å². The Morgan fingerprint density at radius 3 is 2.33 bits per heavy atom. The van der Waals surface area contributed by atoms with Crippen molar-refractivity contribution >= 4 is 5.78 Å². The Labute approximate surface area is 105 Å². The molecule has 92 valence electrons. The van der Waals surface area contributed by atoms with Crippen LogP contribution in [0.1, 0.15) is 33.3 Å². The zero-order chi connectivity index (χ0) is 13.1. The van der Waals surface area contributed by atoms with Crippen LogP contribution in [-0.2, 0) is 0 Å². The van der Waals surface area contributed by atoms with Gasteiger partial charge in [-0.3, -0.25) is 4.79 Å². The Hall–Kier alpha value is -1.97. The Balaban J connectivity index is 2.48. The normalized spacial score (nSPS) is 10.7. The number of rotatable bonds is 3. The van der Waals surface area contributed by atoms with Gasteiger partial charge in [-0.1, -0.05) is 54.1 Å². The van der Waals surface area contributed by atoms with Crippen molar-refractivity contribution in [3.63, 3.8) is 0 Å². The van der Waals surface area contributed by atoms with Crippen molar-refractivity contribution in [2.75, 3.05) is 0 Å². The molecule has 0 heterocycles. The highest BCUT2D eigenvalue weighted by Crippen LogP contribution is 2.21. The van der Waals surface area contributed by atoms with E-state index >= 15 is 0 Å². The van der Waals surface area contributed by atoms with E-state index in [4.69, 9.17) is 0 Å². The lowest BCUT2D eigenvalue weighted by atomic mass is 9.96. The second-order valence-electron chi connectivity index (χ2n) is 4.16. The summed E-state index contributed by atoms with van der Waals surface area (Å²) in [6.07, 6.45) is -1.65. The van der Waals surface area contributed by atoms with Crippen molar-refractivity contribution in [3.05, 3.63) is 70.8 Å². The van der Waals surface area contributed by atoms with Gasteiger partial charge in [-0.25, -0.2) is 0 Å². The van der Waals surface area contributed by atoms with E-state index in [0.717, 1.165) is 5.56 Å². The molecule has 0 amide bonds. The Morgan fingerprint density at radius 1 is 1.06 bits per heavy atom. The van der Waals surface area contributed by atoms with E-state index in [9.17, 15) is 15.0 Å². The van der Waals surface area contributed by atoms with E-state index in [-0.39, 0.29) is 11.3 Å². The molecule has 0 aliphatic rings. The van der Waals surface area contributed by atoms with E-state index in [1.54, 1.807) is 42.5 Å². The van der Waals surface area contributed by atoms with Crippen molar-refractivity contribution < 1.29 is 15.0 Å². The van der Waals surface area contributed by atoms with Gasteiger partial charge in [0.2, 0.25) is 0 Å². The summed E-state index contributed by atoms with van der Waals surface area (Å²) in [7, 11) is 0. The third-order valence-corrected chi connectivity index (χ3v) is 2.77. The number of aryl methyl sites for hydroxylation is 1. The molecule has 0 fully saturated rings. The van der Waals surface area contributed by atoms with Crippen molar-refractivity contribution in [2.24, 2.45) is 0 Å². The standard InChI is InChI=1S/C15H14O3/c1-10-7-8-12(13(9-10)15(17)18)14(16)11-5-3-2-4-6-11/h2-9,15,17-18H,1H3. The molecule has 0 aromatic heterocycles. The summed E-state index contributed by atoms with van der Waals surface area (Å²) in [5.74, 6) is -0.210. The molecular formula is C15H14O3. The first kappa shape index (κ1) is 12.5. The lowest BCUT2D eigenvalue weighted by Gasteiger charge is -2.11. The maximum Gasteiger partial charge on any atom is 0.193 e. The van der Waals surface area contributed by atoms with Gasteiger partial charge < -0.3 is 10.2 Å². The predicted molar refractivity (Wildman–Crippen MR) is 68.2 cm³/mol. The molecule has 0 aliphatic heterocycles. The van der Waals surface area contributed by atoms with Crippen LogP contribution in [0.3, 0.4) is 0 Å². The second kappa shape index (κ2) is 5.12. The number of carbonyl (C=O) groups is 1. The average Bonchev–Trinajstić information content (AvgIpc) is 2.39. The van der Waals surface area contributed by atoms with Crippen LogP contribution < -0.4 is 0 Å². The summed E-state index contributed by atoms with van der Waals surface area (Å²) < 4.78 is 0. The van der Waals surface area contributed by atoms with Crippen molar-refractivity contribution in [1.29, 1.82) is 0 Å². The molecule has 0 aliphatic carbocycles. The Morgan fingerprint density at radius 2 is 1.72 bits per heavy atom.